The van der Waals surface area contributed by atoms with Crippen LogP contribution in [0.3, 0.4) is 0 Å². The van der Waals surface area contributed by atoms with Gasteiger partial charge in [0.05, 0.1) is 24.1 Å². The molecular formula is C15H15ClF3N3O2. The monoisotopic (exact) mass is 361 g/mol. The summed E-state index contributed by atoms with van der Waals surface area (Å²) < 4.78 is 45.9. The maximum absolute atomic E-state index is 13.5. The lowest BCUT2D eigenvalue weighted by Crippen LogP contribution is -2.36. The van der Waals surface area contributed by atoms with Crippen molar-refractivity contribution in [2.45, 2.75) is 19.1 Å². The summed E-state index contributed by atoms with van der Waals surface area (Å²) >= 11 is 5.82. The van der Waals surface area contributed by atoms with Crippen molar-refractivity contribution in [1.29, 1.82) is 0 Å². The van der Waals surface area contributed by atoms with E-state index >= 15 is 0 Å². The molecule has 1 aromatic heterocycles. The Balaban J connectivity index is 2.45. The standard InChI is InChI=1S/C15H15ClF3N3O2/c1-9(8-24-2)21-14(23)12-7-20-22(13(12)15(17,18)19)11-5-3-4-10(16)6-11/h3-7,9H,8H2,1-2H3,(H,21,23). The van der Waals surface area contributed by atoms with Crippen molar-refractivity contribution in [3.63, 3.8) is 0 Å². The Kier molecular flexibility index (Phi) is 5.51. The molecule has 1 atom stereocenters. The Morgan fingerprint density at radius 3 is 2.75 bits per heavy atom. The smallest absolute Gasteiger partial charge is 0.383 e. The van der Waals surface area contributed by atoms with E-state index in [2.05, 4.69) is 10.4 Å². The van der Waals surface area contributed by atoms with Gasteiger partial charge in [-0.25, -0.2) is 4.68 Å². The highest BCUT2D eigenvalue weighted by molar-refractivity contribution is 6.30. The maximum atomic E-state index is 13.5. The van der Waals surface area contributed by atoms with Crippen LogP contribution in [0.15, 0.2) is 30.5 Å². The van der Waals surface area contributed by atoms with E-state index in [9.17, 15) is 18.0 Å². The highest BCUT2D eigenvalue weighted by atomic mass is 35.5. The van der Waals surface area contributed by atoms with Crippen molar-refractivity contribution in [3.8, 4) is 5.69 Å². The molecule has 2 rings (SSSR count). The van der Waals surface area contributed by atoms with Crippen molar-refractivity contribution in [1.82, 2.24) is 15.1 Å². The lowest BCUT2D eigenvalue weighted by Gasteiger charge is -2.15. The zero-order valence-corrected chi connectivity index (χ0v) is 13.6. The fourth-order valence-electron chi connectivity index (χ4n) is 2.18. The average Bonchev–Trinajstić information content (AvgIpc) is 2.92. The number of rotatable bonds is 5. The minimum absolute atomic E-state index is 0.110. The lowest BCUT2D eigenvalue weighted by atomic mass is 10.2. The van der Waals surface area contributed by atoms with Crippen LogP contribution >= 0.6 is 11.6 Å². The molecule has 1 N–H and O–H groups in total. The van der Waals surface area contributed by atoms with Gasteiger partial charge in [0.25, 0.3) is 5.91 Å². The van der Waals surface area contributed by atoms with Gasteiger partial charge in [0, 0.05) is 18.2 Å². The zero-order valence-electron chi connectivity index (χ0n) is 12.9. The topological polar surface area (TPSA) is 56.1 Å². The number of ether oxygens (including phenoxy) is 1. The van der Waals surface area contributed by atoms with Gasteiger partial charge in [0.15, 0.2) is 5.69 Å². The Bertz CT molecular complexity index is 731. The Labute approximate surface area is 141 Å². The molecule has 24 heavy (non-hydrogen) atoms. The molecule has 0 bridgehead atoms. The molecule has 1 amide bonds. The van der Waals surface area contributed by atoms with E-state index in [4.69, 9.17) is 16.3 Å². The Morgan fingerprint density at radius 2 is 2.17 bits per heavy atom. The van der Waals surface area contributed by atoms with Gasteiger partial charge in [-0.15, -0.1) is 0 Å². The molecule has 0 aliphatic carbocycles. The van der Waals surface area contributed by atoms with Crippen LogP contribution in [-0.2, 0) is 10.9 Å². The molecule has 0 aliphatic rings. The maximum Gasteiger partial charge on any atom is 0.434 e. The van der Waals surface area contributed by atoms with Crippen molar-refractivity contribution in [3.05, 3.63) is 46.7 Å². The summed E-state index contributed by atoms with van der Waals surface area (Å²) in [5, 5.41) is 6.42. The third kappa shape index (κ3) is 4.07. The Morgan fingerprint density at radius 1 is 1.46 bits per heavy atom. The number of halogens is 4. The van der Waals surface area contributed by atoms with Crippen molar-refractivity contribution in [2.24, 2.45) is 0 Å². The molecule has 0 aliphatic heterocycles. The summed E-state index contributed by atoms with van der Waals surface area (Å²) in [7, 11) is 1.43. The average molecular weight is 362 g/mol. The molecule has 1 unspecified atom stereocenters. The lowest BCUT2D eigenvalue weighted by molar-refractivity contribution is -0.143. The second kappa shape index (κ2) is 7.23. The van der Waals surface area contributed by atoms with E-state index in [1.165, 1.54) is 31.4 Å². The minimum atomic E-state index is -4.77. The van der Waals surface area contributed by atoms with Gasteiger partial charge in [-0.3, -0.25) is 4.79 Å². The van der Waals surface area contributed by atoms with Crippen molar-refractivity contribution < 1.29 is 22.7 Å². The van der Waals surface area contributed by atoms with Gasteiger partial charge >= 0.3 is 6.18 Å². The van der Waals surface area contributed by atoms with Gasteiger partial charge in [-0.1, -0.05) is 17.7 Å². The van der Waals surface area contributed by atoms with E-state index in [1.54, 1.807) is 6.92 Å². The fourth-order valence-corrected chi connectivity index (χ4v) is 2.37. The number of methoxy groups -OCH3 is 1. The van der Waals surface area contributed by atoms with Gasteiger partial charge < -0.3 is 10.1 Å². The number of aromatic nitrogens is 2. The largest absolute Gasteiger partial charge is 0.434 e. The van der Waals surface area contributed by atoms with Crippen LogP contribution < -0.4 is 5.32 Å². The normalized spacial score (nSPS) is 12.9. The van der Waals surface area contributed by atoms with Gasteiger partial charge in [0.1, 0.15) is 0 Å². The summed E-state index contributed by atoms with van der Waals surface area (Å²) in [6, 6.07) is 5.34. The van der Waals surface area contributed by atoms with E-state index in [1.807, 2.05) is 0 Å². The van der Waals surface area contributed by atoms with Crippen LogP contribution in [0.1, 0.15) is 23.0 Å². The predicted octanol–water partition coefficient (Wildman–Crippen LogP) is 3.31. The van der Waals surface area contributed by atoms with Crippen molar-refractivity contribution in [2.75, 3.05) is 13.7 Å². The number of nitrogens with one attached hydrogen (secondary N) is 1. The molecule has 5 nitrogen and oxygen atoms in total. The second-order valence-corrected chi connectivity index (χ2v) is 5.56. The molecule has 1 heterocycles. The molecule has 130 valence electrons. The van der Waals surface area contributed by atoms with Crippen LogP contribution in [0.25, 0.3) is 5.69 Å². The van der Waals surface area contributed by atoms with Gasteiger partial charge in [0.2, 0.25) is 0 Å². The molecule has 9 heteroatoms. The fraction of sp³-hybridized carbons (Fsp3) is 0.333. The first-order valence-electron chi connectivity index (χ1n) is 6.95. The van der Waals surface area contributed by atoms with Crippen LogP contribution in [-0.4, -0.2) is 35.4 Å². The van der Waals surface area contributed by atoms with Gasteiger partial charge in [-0.05, 0) is 25.1 Å². The molecular weight excluding hydrogens is 347 g/mol. The summed E-state index contributed by atoms with van der Waals surface area (Å²) in [4.78, 5) is 12.2. The number of carbonyl (C=O) groups is 1. The molecule has 0 saturated carbocycles. The van der Waals surface area contributed by atoms with Crippen LogP contribution in [0, 0.1) is 0 Å². The number of hydrogen-bond donors (Lipinski definition) is 1. The predicted molar refractivity (Wildman–Crippen MR) is 82.4 cm³/mol. The summed E-state index contributed by atoms with van der Waals surface area (Å²) in [5.41, 5.74) is -1.61. The molecule has 0 saturated heterocycles. The third-order valence-electron chi connectivity index (χ3n) is 3.13. The first kappa shape index (κ1) is 18.3. The first-order chi connectivity index (χ1) is 11.2. The van der Waals surface area contributed by atoms with Crippen LogP contribution in [0.5, 0.6) is 0 Å². The Hall–Kier alpha value is -2.06. The number of amides is 1. The first-order valence-corrected chi connectivity index (χ1v) is 7.32. The van der Waals surface area contributed by atoms with Crippen LogP contribution in [0.4, 0.5) is 13.2 Å². The number of benzene rings is 1. The van der Waals surface area contributed by atoms with E-state index in [0.29, 0.717) is 4.68 Å². The number of nitrogens with zero attached hydrogens (tertiary/aromatic N) is 2. The highest BCUT2D eigenvalue weighted by Gasteiger charge is 2.40. The van der Waals surface area contributed by atoms with Gasteiger partial charge in [-0.2, -0.15) is 18.3 Å². The summed E-state index contributed by atoms with van der Waals surface area (Å²) in [6.45, 7) is 1.80. The van der Waals surface area contributed by atoms with E-state index in [-0.39, 0.29) is 17.3 Å². The third-order valence-corrected chi connectivity index (χ3v) is 3.36. The highest BCUT2D eigenvalue weighted by Crippen LogP contribution is 2.34. The molecule has 0 spiro atoms. The summed E-state index contributed by atoms with van der Waals surface area (Å²) in [6.07, 6.45) is -3.88. The summed E-state index contributed by atoms with van der Waals surface area (Å²) in [5.74, 6) is -0.875. The zero-order chi connectivity index (χ0) is 17.9. The molecule has 2 aromatic rings. The minimum Gasteiger partial charge on any atom is -0.383 e. The number of alkyl halides is 3. The number of hydrogen-bond acceptors (Lipinski definition) is 3. The SMILES string of the molecule is COCC(C)NC(=O)c1cnn(-c2cccc(Cl)c2)c1C(F)(F)F. The van der Waals surface area contributed by atoms with Crippen molar-refractivity contribution >= 4 is 17.5 Å². The van der Waals surface area contributed by atoms with E-state index < -0.39 is 29.4 Å². The second-order valence-electron chi connectivity index (χ2n) is 5.13. The van der Waals surface area contributed by atoms with E-state index in [0.717, 1.165) is 6.20 Å². The number of carbonyl (C=O) groups excluding carboxylic acids is 1. The molecule has 0 fully saturated rings. The molecule has 1 aromatic carbocycles. The van der Waals surface area contributed by atoms with Crippen LogP contribution in [0.2, 0.25) is 5.02 Å². The quantitative estimate of drug-likeness (QED) is 0.889. The molecule has 0 radical (unpaired) electrons.